The molecule has 2 heterocycles. The lowest BCUT2D eigenvalue weighted by Gasteiger charge is -2.05. The smallest absolute Gasteiger partial charge is 0.227 e. The molecular formula is C15H15N5S. The summed E-state index contributed by atoms with van der Waals surface area (Å²) in [5.41, 5.74) is 8.41. The zero-order chi connectivity index (χ0) is 14.7. The Labute approximate surface area is 126 Å². The molecule has 0 saturated heterocycles. The number of hydrogen-bond donors (Lipinski definition) is 2. The van der Waals surface area contributed by atoms with Crippen molar-refractivity contribution in [1.82, 2.24) is 15.0 Å². The lowest BCUT2D eigenvalue weighted by Crippen LogP contribution is -1.97. The van der Waals surface area contributed by atoms with Crippen LogP contribution in [0.2, 0.25) is 0 Å². The van der Waals surface area contributed by atoms with E-state index in [0.717, 1.165) is 27.0 Å². The molecule has 0 aliphatic rings. The summed E-state index contributed by atoms with van der Waals surface area (Å²) >= 11 is 1.57. The number of aryl methyl sites for hydroxylation is 1. The molecule has 106 valence electrons. The van der Waals surface area contributed by atoms with Gasteiger partial charge in [-0.05, 0) is 25.1 Å². The number of benzene rings is 1. The molecule has 3 aromatic rings. The number of para-hydroxylation sites is 1. The molecule has 0 aliphatic carbocycles. The van der Waals surface area contributed by atoms with Crippen LogP contribution < -0.4 is 11.1 Å². The summed E-state index contributed by atoms with van der Waals surface area (Å²) in [5.74, 6) is 0.570. The van der Waals surface area contributed by atoms with E-state index < -0.39 is 0 Å². The summed E-state index contributed by atoms with van der Waals surface area (Å²) in [5, 5.41) is 4.11. The van der Waals surface area contributed by atoms with E-state index in [0.29, 0.717) is 12.5 Å². The molecule has 21 heavy (non-hydrogen) atoms. The van der Waals surface area contributed by atoms with E-state index in [1.807, 2.05) is 43.3 Å². The first-order valence-electron chi connectivity index (χ1n) is 6.58. The van der Waals surface area contributed by atoms with Crippen LogP contribution in [0.1, 0.15) is 10.7 Å². The summed E-state index contributed by atoms with van der Waals surface area (Å²) in [4.78, 5) is 14.3. The van der Waals surface area contributed by atoms with E-state index in [4.69, 9.17) is 5.73 Å². The molecular weight excluding hydrogens is 282 g/mol. The SMILES string of the molecule is Cc1nc(CN)sc1-c1ccnc(Nc2ccccc2)n1. The molecule has 2 aromatic heterocycles. The van der Waals surface area contributed by atoms with Gasteiger partial charge in [0.25, 0.3) is 0 Å². The highest BCUT2D eigenvalue weighted by Crippen LogP contribution is 2.29. The minimum Gasteiger partial charge on any atom is -0.325 e. The number of hydrogen-bond acceptors (Lipinski definition) is 6. The maximum Gasteiger partial charge on any atom is 0.227 e. The summed E-state index contributed by atoms with van der Waals surface area (Å²) in [7, 11) is 0. The molecule has 0 bridgehead atoms. The maximum absolute atomic E-state index is 5.65. The van der Waals surface area contributed by atoms with Crippen molar-refractivity contribution in [2.75, 3.05) is 5.32 Å². The fraction of sp³-hybridized carbons (Fsp3) is 0.133. The first-order valence-corrected chi connectivity index (χ1v) is 7.40. The second-order valence-corrected chi connectivity index (χ2v) is 5.57. The average molecular weight is 297 g/mol. The standard InChI is InChI=1S/C15H15N5S/c1-10-14(21-13(9-16)18-10)12-7-8-17-15(20-12)19-11-5-3-2-4-6-11/h2-8H,9,16H2,1H3,(H,17,19,20). The van der Waals surface area contributed by atoms with Crippen LogP contribution in [-0.2, 0) is 6.54 Å². The number of aromatic nitrogens is 3. The Morgan fingerprint density at radius 2 is 1.95 bits per heavy atom. The average Bonchev–Trinajstić information content (AvgIpc) is 2.90. The topological polar surface area (TPSA) is 76.7 Å². The van der Waals surface area contributed by atoms with Gasteiger partial charge in [-0.2, -0.15) is 0 Å². The van der Waals surface area contributed by atoms with Crippen molar-refractivity contribution < 1.29 is 0 Å². The summed E-state index contributed by atoms with van der Waals surface area (Å²) in [6.07, 6.45) is 1.74. The van der Waals surface area contributed by atoms with E-state index in [1.54, 1.807) is 17.5 Å². The number of thiazole rings is 1. The molecule has 0 saturated carbocycles. The first kappa shape index (κ1) is 13.7. The van der Waals surface area contributed by atoms with Gasteiger partial charge >= 0.3 is 0 Å². The van der Waals surface area contributed by atoms with Crippen molar-refractivity contribution in [3.63, 3.8) is 0 Å². The van der Waals surface area contributed by atoms with Gasteiger partial charge in [-0.25, -0.2) is 15.0 Å². The van der Waals surface area contributed by atoms with Gasteiger partial charge in [-0.1, -0.05) is 18.2 Å². The highest BCUT2D eigenvalue weighted by Gasteiger charge is 2.11. The van der Waals surface area contributed by atoms with Gasteiger partial charge in [0.15, 0.2) is 0 Å². The summed E-state index contributed by atoms with van der Waals surface area (Å²) in [6, 6.07) is 11.7. The molecule has 0 fully saturated rings. The second-order valence-electron chi connectivity index (χ2n) is 4.48. The number of nitrogens with zero attached hydrogens (tertiary/aromatic N) is 3. The van der Waals surface area contributed by atoms with Gasteiger partial charge < -0.3 is 11.1 Å². The third-order valence-corrected chi connectivity index (χ3v) is 4.14. The predicted octanol–water partition coefficient (Wildman–Crippen LogP) is 3.11. The van der Waals surface area contributed by atoms with E-state index >= 15 is 0 Å². The van der Waals surface area contributed by atoms with E-state index in [1.165, 1.54) is 0 Å². The van der Waals surface area contributed by atoms with Crippen molar-refractivity contribution in [3.05, 3.63) is 53.3 Å². The van der Waals surface area contributed by atoms with Gasteiger partial charge in [-0.15, -0.1) is 11.3 Å². The zero-order valence-corrected chi connectivity index (χ0v) is 12.4. The summed E-state index contributed by atoms with van der Waals surface area (Å²) in [6.45, 7) is 2.42. The number of nitrogens with one attached hydrogen (secondary N) is 1. The van der Waals surface area contributed by atoms with Crippen molar-refractivity contribution >= 4 is 23.0 Å². The third kappa shape index (κ3) is 3.07. The Balaban J connectivity index is 1.91. The molecule has 0 unspecified atom stereocenters. The van der Waals surface area contributed by atoms with E-state index in [9.17, 15) is 0 Å². The van der Waals surface area contributed by atoms with Crippen LogP contribution >= 0.6 is 11.3 Å². The van der Waals surface area contributed by atoms with Crippen LogP contribution in [0.15, 0.2) is 42.6 Å². The molecule has 6 heteroatoms. The fourth-order valence-electron chi connectivity index (χ4n) is 1.97. The molecule has 3 rings (SSSR count). The van der Waals surface area contributed by atoms with Gasteiger partial charge in [0.1, 0.15) is 5.01 Å². The largest absolute Gasteiger partial charge is 0.325 e. The monoisotopic (exact) mass is 297 g/mol. The predicted molar refractivity (Wildman–Crippen MR) is 85.5 cm³/mol. The van der Waals surface area contributed by atoms with Crippen LogP contribution in [0.5, 0.6) is 0 Å². The molecule has 0 amide bonds. The Hall–Kier alpha value is -2.31. The Morgan fingerprint density at radius 1 is 1.14 bits per heavy atom. The minimum atomic E-state index is 0.450. The molecule has 0 radical (unpaired) electrons. The molecule has 1 aromatic carbocycles. The van der Waals surface area contributed by atoms with Crippen LogP contribution in [-0.4, -0.2) is 15.0 Å². The molecule has 0 atom stereocenters. The van der Waals surface area contributed by atoms with Crippen LogP contribution in [0.4, 0.5) is 11.6 Å². The van der Waals surface area contributed by atoms with E-state index in [-0.39, 0.29) is 0 Å². The minimum absolute atomic E-state index is 0.450. The number of anilines is 2. The first-order chi connectivity index (χ1) is 10.3. The molecule has 0 spiro atoms. The van der Waals surface area contributed by atoms with Crippen LogP contribution in [0, 0.1) is 6.92 Å². The highest BCUT2D eigenvalue weighted by atomic mass is 32.1. The Kier molecular flexibility index (Phi) is 3.89. The summed E-state index contributed by atoms with van der Waals surface area (Å²) < 4.78 is 0. The Bertz CT molecular complexity index is 739. The van der Waals surface area contributed by atoms with Crippen LogP contribution in [0.25, 0.3) is 10.6 Å². The normalized spacial score (nSPS) is 10.6. The zero-order valence-electron chi connectivity index (χ0n) is 11.6. The molecule has 3 N–H and O–H groups in total. The van der Waals surface area contributed by atoms with Gasteiger partial charge in [0.05, 0.1) is 16.3 Å². The fourth-order valence-corrected chi connectivity index (χ4v) is 2.89. The van der Waals surface area contributed by atoms with Crippen molar-refractivity contribution in [3.8, 4) is 10.6 Å². The van der Waals surface area contributed by atoms with Gasteiger partial charge in [-0.3, -0.25) is 0 Å². The highest BCUT2D eigenvalue weighted by molar-refractivity contribution is 7.15. The van der Waals surface area contributed by atoms with Gasteiger partial charge in [0, 0.05) is 18.4 Å². The maximum atomic E-state index is 5.65. The second kappa shape index (κ2) is 5.99. The lowest BCUT2D eigenvalue weighted by molar-refractivity contribution is 1.02. The van der Waals surface area contributed by atoms with E-state index in [2.05, 4.69) is 20.3 Å². The van der Waals surface area contributed by atoms with Crippen molar-refractivity contribution in [1.29, 1.82) is 0 Å². The van der Waals surface area contributed by atoms with Crippen molar-refractivity contribution in [2.45, 2.75) is 13.5 Å². The van der Waals surface area contributed by atoms with Crippen LogP contribution in [0.3, 0.4) is 0 Å². The van der Waals surface area contributed by atoms with Crippen molar-refractivity contribution in [2.24, 2.45) is 5.73 Å². The third-order valence-electron chi connectivity index (χ3n) is 2.93. The Morgan fingerprint density at radius 3 is 2.67 bits per heavy atom. The number of rotatable bonds is 4. The quantitative estimate of drug-likeness (QED) is 0.773. The molecule has 0 aliphatic heterocycles. The number of nitrogens with two attached hydrogens (primary N) is 1. The van der Waals surface area contributed by atoms with Gasteiger partial charge in [0.2, 0.25) is 5.95 Å². The lowest BCUT2D eigenvalue weighted by atomic mass is 10.3. The molecule has 5 nitrogen and oxygen atoms in total.